The van der Waals surface area contributed by atoms with Crippen molar-refractivity contribution in [1.29, 1.82) is 0 Å². The Morgan fingerprint density at radius 2 is 1.09 bits per heavy atom. The monoisotopic (exact) mass is 468 g/mol. The van der Waals surface area contributed by atoms with E-state index >= 15 is 0 Å². The molecule has 1 unspecified atom stereocenters. The molecular weight excluding hydrogens is 414 g/mol. The van der Waals surface area contributed by atoms with Crippen molar-refractivity contribution in [2.45, 2.75) is 149 Å². The van der Waals surface area contributed by atoms with Crippen LogP contribution in [0.4, 0.5) is 0 Å². The van der Waals surface area contributed by atoms with E-state index in [0.29, 0.717) is 0 Å². The van der Waals surface area contributed by atoms with Crippen LogP contribution in [0.1, 0.15) is 136 Å². The molecule has 3 nitrogen and oxygen atoms in total. The molecule has 1 aromatic heterocycles. The average molecular weight is 469 g/mol. The molecule has 0 aliphatic rings. The van der Waals surface area contributed by atoms with Crippen LogP contribution in [0.5, 0.6) is 0 Å². The standard InChI is InChI=1S/C28H54NO2S/c1-3-5-6-7-8-9-10-11-12-13-14-15-16-17-18-20-24-30-28(4-2)31-25-21-19-22-29-23-26-32-27-29/h23,26-28H,3-22,24-25H2,1-2H3/q+1. The van der Waals surface area contributed by atoms with E-state index < -0.39 is 0 Å². The summed E-state index contributed by atoms with van der Waals surface area (Å²) >= 11 is 1.75. The zero-order chi connectivity index (χ0) is 23.0. The molecule has 0 aliphatic heterocycles. The van der Waals surface area contributed by atoms with E-state index in [1.807, 2.05) is 0 Å². The van der Waals surface area contributed by atoms with Crippen molar-refractivity contribution < 1.29 is 14.0 Å². The fourth-order valence-electron chi connectivity index (χ4n) is 4.15. The first-order valence-corrected chi connectivity index (χ1v) is 15.0. The molecule has 32 heavy (non-hydrogen) atoms. The summed E-state index contributed by atoms with van der Waals surface area (Å²) in [6.45, 7) is 7.19. The number of rotatable bonds is 25. The van der Waals surface area contributed by atoms with Gasteiger partial charge in [-0.2, -0.15) is 4.57 Å². The van der Waals surface area contributed by atoms with Gasteiger partial charge in [-0.05, 0) is 19.3 Å². The second-order valence-electron chi connectivity index (χ2n) is 9.35. The molecule has 0 spiro atoms. The van der Waals surface area contributed by atoms with E-state index in [1.54, 1.807) is 11.3 Å². The molecule has 1 aromatic rings. The lowest BCUT2D eigenvalue weighted by Crippen LogP contribution is -2.30. The minimum absolute atomic E-state index is 0.0138. The minimum Gasteiger partial charge on any atom is -0.353 e. The molecular formula is C28H54NO2S+. The number of unbranched alkanes of at least 4 members (excludes halogenated alkanes) is 16. The summed E-state index contributed by atoms with van der Waals surface area (Å²) in [7, 11) is 0. The molecule has 0 N–H and O–H groups in total. The summed E-state index contributed by atoms with van der Waals surface area (Å²) in [4.78, 5) is 0. The van der Waals surface area contributed by atoms with Crippen LogP contribution in [0.2, 0.25) is 0 Å². The maximum atomic E-state index is 5.94. The molecule has 0 amide bonds. The summed E-state index contributed by atoms with van der Waals surface area (Å²) in [6, 6.07) is 0. The Morgan fingerprint density at radius 3 is 1.53 bits per heavy atom. The van der Waals surface area contributed by atoms with Gasteiger partial charge in [0.05, 0.1) is 5.38 Å². The Kier molecular flexibility index (Phi) is 21.9. The Morgan fingerprint density at radius 1 is 0.625 bits per heavy atom. The maximum absolute atomic E-state index is 5.94. The van der Waals surface area contributed by atoms with Gasteiger partial charge in [0.25, 0.3) is 0 Å². The van der Waals surface area contributed by atoms with Crippen LogP contribution in [-0.4, -0.2) is 19.5 Å². The summed E-state index contributed by atoms with van der Waals surface area (Å²) in [6.07, 6.45) is 27.8. The molecule has 0 radical (unpaired) electrons. The third-order valence-electron chi connectivity index (χ3n) is 6.28. The minimum atomic E-state index is -0.0138. The number of thiazole rings is 1. The average Bonchev–Trinajstić information content (AvgIpc) is 3.33. The van der Waals surface area contributed by atoms with Gasteiger partial charge in [-0.25, -0.2) is 0 Å². The summed E-state index contributed by atoms with van der Waals surface area (Å²) in [5, 5.41) is 2.12. The van der Waals surface area contributed by atoms with Crippen molar-refractivity contribution in [2.24, 2.45) is 0 Å². The molecule has 1 rings (SSSR count). The number of hydrogen-bond acceptors (Lipinski definition) is 3. The number of aryl methyl sites for hydroxylation is 1. The Labute approximate surface area is 204 Å². The van der Waals surface area contributed by atoms with Crippen LogP contribution in [0.25, 0.3) is 0 Å². The van der Waals surface area contributed by atoms with Gasteiger partial charge in [0, 0.05) is 19.6 Å². The fraction of sp³-hybridized carbons (Fsp3) is 0.893. The molecule has 0 saturated carbocycles. The second kappa shape index (κ2) is 23.7. The predicted octanol–water partition coefficient (Wildman–Crippen LogP) is 8.85. The highest BCUT2D eigenvalue weighted by atomic mass is 32.1. The molecule has 0 fully saturated rings. The highest BCUT2D eigenvalue weighted by molar-refractivity contribution is 7.07. The van der Waals surface area contributed by atoms with Crippen molar-refractivity contribution >= 4 is 11.3 Å². The van der Waals surface area contributed by atoms with Crippen molar-refractivity contribution in [3.63, 3.8) is 0 Å². The van der Waals surface area contributed by atoms with Crippen LogP contribution < -0.4 is 4.57 Å². The van der Waals surface area contributed by atoms with Gasteiger partial charge in [-0.15, -0.1) is 0 Å². The van der Waals surface area contributed by atoms with E-state index in [1.165, 1.54) is 103 Å². The number of aromatic nitrogens is 1. The van der Waals surface area contributed by atoms with Crippen molar-refractivity contribution in [3.8, 4) is 0 Å². The zero-order valence-corrected chi connectivity index (χ0v) is 22.4. The Balaban J connectivity index is 1.76. The predicted molar refractivity (Wildman–Crippen MR) is 139 cm³/mol. The van der Waals surface area contributed by atoms with Gasteiger partial charge >= 0.3 is 0 Å². The van der Waals surface area contributed by atoms with Crippen LogP contribution in [-0.2, 0) is 16.0 Å². The van der Waals surface area contributed by atoms with Gasteiger partial charge in [-0.1, -0.05) is 121 Å². The first-order chi connectivity index (χ1) is 15.9. The van der Waals surface area contributed by atoms with Crippen LogP contribution in [0.15, 0.2) is 17.1 Å². The number of hydrogen-bond donors (Lipinski definition) is 0. The third kappa shape index (κ3) is 19.1. The SMILES string of the molecule is CCCCCCCCCCCCCCCCCCOC(CC)OCCCC[n+]1ccsc1. The molecule has 4 heteroatoms. The second-order valence-corrected chi connectivity index (χ2v) is 10.1. The number of nitrogens with zero attached hydrogens (tertiary/aromatic N) is 1. The van der Waals surface area contributed by atoms with E-state index in [2.05, 4.69) is 35.5 Å². The fourth-order valence-corrected chi connectivity index (χ4v) is 4.78. The Bertz CT molecular complexity index is 466. The zero-order valence-electron chi connectivity index (χ0n) is 21.5. The van der Waals surface area contributed by atoms with Crippen LogP contribution in [0, 0.1) is 0 Å². The largest absolute Gasteiger partial charge is 0.353 e. The van der Waals surface area contributed by atoms with Gasteiger partial charge in [0.2, 0.25) is 5.51 Å². The van der Waals surface area contributed by atoms with Gasteiger partial charge in [0.15, 0.2) is 12.5 Å². The molecule has 188 valence electrons. The number of ether oxygens (including phenoxy) is 2. The molecule has 0 aliphatic carbocycles. The molecule has 0 saturated heterocycles. The van der Waals surface area contributed by atoms with E-state index in [4.69, 9.17) is 9.47 Å². The quantitative estimate of drug-likeness (QED) is 0.0812. The molecule has 1 heterocycles. The van der Waals surface area contributed by atoms with E-state index in [9.17, 15) is 0 Å². The van der Waals surface area contributed by atoms with Crippen LogP contribution >= 0.6 is 11.3 Å². The summed E-state index contributed by atoms with van der Waals surface area (Å²) in [5.74, 6) is 0. The Hall–Kier alpha value is -0.450. The van der Waals surface area contributed by atoms with Crippen molar-refractivity contribution in [3.05, 3.63) is 17.1 Å². The molecule has 1 atom stereocenters. The lowest BCUT2D eigenvalue weighted by Gasteiger charge is -2.16. The summed E-state index contributed by atoms with van der Waals surface area (Å²) < 4.78 is 14.1. The lowest BCUT2D eigenvalue weighted by molar-refractivity contribution is -0.692. The van der Waals surface area contributed by atoms with E-state index in [0.717, 1.165) is 39.0 Å². The van der Waals surface area contributed by atoms with Crippen LogP contribution in [0.3, 0.4) is 0 Å². The van der Waals surface area contributed by atoms with Gasteiger partial charge in [-0.3, -0.25) is 0 Å². The van der Waals surface area contributed by atoms with E-state index in [-0.39, 0.29) is 6.29 Å². The summed E-state index contributed by atoms with van der Waals surface area (Å²) in [5.41, 5.74) is 2.16. The van der Waals surface area contributed by atoms with Gasteiger partial charge < -0.3 is 9.47 Å². The molecule has 0 bridgehead atoms. The first-order valence-electron chi connectivity index (χ1n) is 14.0. The lowest BCUT2D eigenvalue weighted by atomic mass is 10.0. The highest BCUT2D eigenvalue weighted by Gasteiger charge is 2.07. The first kappa shape index (κ1) is 29.6. The smallest absolute Gasteiger partial charge is 0.224 e. The van der Waals surface area contributed by atoms with Crippen molar-refractivity contribution in [1.82, 2.24) is 0 Å². The maximum Gasteiger partial charge on any atom is 0.224 e. The van der Waals surface area contributed by atoms with Crippen molar-refractivity contribution in [2.75, 3.05) is 13.2 Å². The van der Waals surface area contributed by atoms with Gasteiger partial charge in [0.1, 0.15) is 6.54 Å². The normalized spacial score (nSPS) is 12.4. The highest BCUT2D eigenvalue weighted by Crippen LogP contribution is 2.14. The topological polar surface area (TPSA) is 22.3 Å². The molecule has 0 aromatic carbocycles. The third-order valence-corrected chi connectivity index (χ3v) is 6.95.